The molecular formula is C26H38O4. The van der Waals surface area contributed by atoms with Crippen LogP contribution in [0.3, 0.4) is 0 Å². The van der Waals surface area contributed by atoms with E-state index in [0.29, 0.717) is 0 Å². The monoisotopic (exact) mass is 414 g/mol. The normalized spacial score (nSPS) is 16.0. The minimum Gasteiger partial charge on any atom is -0.510 e. The van der Waals surface area contributed by atoms with E-state index >= 15 is 0 Å². The second-order valence-electron chi connectivity index (χ2n) is 9.44. The molecule has 0 heterocycles. The Kier molecular flexibility index (Phi) is 9.08. The molecule has 0 radical (unpaired) electrons. The smallest absolute Gasteiger partial charge is 0.177 e. The summed E-state index contributed by atoms with van der Waals surface area (Å²) in [7, 11) is 0. The first-order valence-corrected chi connectivity index (χ1v) is 10.7. The maximum absolute atomic E-state index is 13.7. The largest absolute Gasteiger partial charge is 0.510 e. The van der Waals surface area contributed by atoms with Crippen LogP contribution in [0.1, 0.15) is 81.1 Å². The zero-order chi connectivity index (χ0) is 23.2. The van der Waals surface area contributed by atoms with E-state index in [1.807, 2.05) is 73.6 Å². The molecule has 4 nitrogen and oxygen atoms in total. The van der Waals surface area contributed by atoms with Crippen molar-refractivity contribution in [2.45, 2.75) is 81.1 Å². The van der Waals surface area contributed by atoms with Crippen LogP contribution in [-0.2, 0) is 9.59 Å². The molecule has 1 rings (SSSR count). The Morgan fingerprint density at radius 3 is 1.77 bits per heavy atom. The molecule has 4 heteroatoms. The highest BCUT2D eigenvalue weighted by Crippen LogP contribution is 2.46. The third kappa shape index (κ3) is 6.07. The van der Waals surface area contributed by atoms with Crippen LogP contribution in [0.5, 0.6) is 0 Å². The van der Waals surface area contributed by atoms with Crippen molar-refractivity contribution in [1.29, 1.82) is 0 Å². The van der Waals surface area contributed by atoms with E-state index in [1.54, 1.807) is 0 Å². The number of aliphatic hydroxyl groups is 2. The first-order valence-electron chi connectivity index (χ1n) is 10.7. The second kappa shape index (κ2) is 10.6. The number of ketones is 2. The Labute approximate surface area is 181 Å². The molecule has 1 aliphatic rings. The summed E-state index contributed by atoms with van der Waals surface area (Å²) in [5.74, 6) is -1.25. The third-order valence-electron chi connectivity index (χ3n) is 5.23. The van der Waals surface area contributed by atoms with Crippen LogP contribution in [0.15, 0.2) is 57.6 Å². The first kappa shape index (κ1) is 25.7. The van der Waals surface area contributed by atoms with Gasteiger partial charge in [0.25, 0.3) is 0 Å². The first-order chi connectivity index (χ1) is 13.8. The Balaban J connectivity index is 3.83. The molecule has 166 valence electrons. The fourth-order valence-electron chi connectivity index (χ4n) is 3.46. The number of rotatable bonds is 9. The molecule has 0 amide bonds. The lowest BCUT2D eigenvalue weighted by Crippen LogP contribution is -2.40. The van der Waals surface area contributed by atoms with E-state index < -0.39 is 5.41 Å². The molecule has 0 fully saturated rings. The molecule has 0 aromatic heterocycles. The van der Waals surface area contributed by atoms with Crippen molar-refractivity contribution in [3.8, 4) is 0 Å². The molecule has 1 aliphatic carbocycles. The molecule has 0 aliphatic heterocycles. The molecule has 0 bridgehead atoms. The van der Waals surface area contributed by atoms with Gasteiger partial charge in [-0.2, -0.15) is 0 Å². The number of hydrogen-bond acceptors (Lipinski definition) is 4. The summed E-state index contributed by atoms with van der Waals surface area (Å²) in [4.78, 5) is 26.7. The molecular weight excluding hydrogens is 376 g/mol. The van der Waals surface area contributed by atoms with Gasteiger partial charge in [-0.3, -0.25) is 9.59 Å². The number of Topliss-reactive ketones (excluding diaryl/α,β-unsaturated/α-hetero) is 2. The molecule has 0 saturated carbocycles. The van der Waals surface area contributed by atoms with E-state index in [0.717, 1.165) is 16.7 Å². The summed E-state index contributed by atoms with van der Waals surface area (Å²) < 4.78 is 0. The van der Waals surface area contributed by atoms with E-state index in [2.05, 4.69) is 0 Å². The van der Waals surface area contributed by atoms with Crippen LogP contribution in [0, 0.1) is 11.3 Å². The van der Waals surface area contributed by atoms with Crippen molar-refractivity contribution in [3.05, 3.63) is 57.6 Å². The molecule has 0 saturated heterocycles. The van der Waals surface area contributed by atoms with E-state index in [4.69, 9.17) is 0 Å². The van der Waals surface area contributed by atoms with Crippen molar-refractivity contribution in [2.24, 2.45) is 11.3 Å². The van der Waals surface area contributed by atoms with Crippen LogP contribution in [-0.4, -0.2) is 21.8 Å². The van der Waals surface area contributed by atoms with Crippen LogP contribution in [0.25, 0.3) is 0 Å². The Morgan fingerprint density at radius 2 is 1.37 bits per heavy atom. The van der Waals surface area contributed by atoms with Crippen LogP contribution >= 0.6 is 0 Å². The number of allylic oxidation sites excluding steroid dienone is 9. The fraction of sp³-hybridized carbons (Fsp3) is 0.538. The van der Waals surface area contributed by atoms with Gasteiger partial charge in [0, 0.05) is 12.0 Å². The van der Waals surface area contributed by atoms with Crippen molar-refractivity contribution >= 4 is 11.6 Å². The highest BCUT2D eigenvalue weighted by molar-refractivity contribution is 6.11. The lowest BCUT2D eigenvalue weighted by Gasteiger charge is -2.36. The van der Waals surface area contributed by atoms with Crippen molar-refractivity contribution < 1.29 is 19.8 Å². The minimum absolute atomic E-state index is 0.0643. The zero-order valence-corrected chi connectivity index (χ0v) is 19.8. The molecule has 30 heavy (non-hydrogen) atoms. The maximum atomic E-state index is 13.7. The average molecular weight is 415 g/mol. The second-order valence-corrected chi connectivity index (χ2v) is 9.44. The SMILES string of the molecule is CC(C)=CCC1=C(O)C(C(=O)CC(C)C)=C(O)C(CC=C(C)C)(CC=C(C)C)C1=O. The Bertz CT molecular complexity index is 812. The lowest BCUT2D eigenvalue weighted by atomic mass is 9.66. The van der Waals surface area contributed by atoms with Gasteiger partial charge in [-0.05, 0) is 66.7 Å². The van der Waals surface area contributed by atoms with Gasteiger partial charge >= 0.3 is 0 Å². The highest BCUT2D eigenvalue weighted by Gasteiger charge is 2.49. The van der Waals surface area contributed by atoms with Crippen LogP contribution < -0.4 is 0 Å². The predicted octanol–water partition coefficient (Wildman–Crippen LogP) is 6.86. The summed E-state index contributed by atoms with van der Waals surface area (Å²) in [6, 6.07) is 0. The number of hydrogen-bond donors (Lipinski definition) is 2. The van der Waals surface area contributed by atoms with Gasteiger partial charge in [-0.15, -0.1) is 0 Å². The summed E-state index contributed by atoms with van der Waals surface area (Å²) >= 11 is 0. The minimum atomic E-state index is -1.28. The third-order valence-corrected chi connectivity index (χ3v) is 5.23. The van der Waals surface area contributed by atoms with E-state index in [-0.39, 0.29) is 65.8 Å². The fourth-order valence-corrected chi connectivity index (χ4v) is 3.46. The zero-order valence-electron chi connectivity index (χ0n) is 19.8. The number of carbonyl (C=O) groups excluding carboxylic acids is 2. The number of carbonyl (C=O) groups is 2. The van der Waals surface area contributed by atoms with Gasteiger partial charge in [-0.25, -0.2) is 0 Å². The molecule has 0 aromatic carbocycles. The van der Waals surface area contributed by atoms with Gasteiger partial charge in [0.2, 0.25) is 0 Å². The quantitative estimate of drug-likeness (QED) is 0.404. The van der Waals surface area contributed by atoms with Crippen molar-refractivity contribution in [1.82, 2.24) is 0 Å². The Morgan fingerprint density at radius 1 is 0.900 bits per heavy atom. The molecule has 0 unspecified atom stereocenters. The van der Waals surface area contributed by atoms with Gasteiger partial charge < -0.3 is 10.2 Å². The predicted molar refractivity (Wildman–Crippen MR) is 123 cm³/mol. The van der Waals surface area contributed by atoms with Crippen LogP contribution in [0.4, 0.5) is 0 Å². The summed E-state index contributed by atoms with van der Waals surface area (Å²) in [5.41, 5.74) is 1.87. The Hall–Kier alpha value is -2.36. The van der Waals surface area contributed by atoms with Crippen LogP contribution in [0.2, 0.25) is 0 Å². The highest BCUT2D eigenvalue weighted by atomic mass is 16.3. The van der Waals surface area contributed by atoms with Crippen molar-refractivity contribution in [2.75, 3.05) is 0 Å². The lowest BCUT2D eigenvalue weighted by molar-refractivity contribution is -0.125. The molecule has 0 atom stereocenters. The molecule has 0 spiro atoms. The van der Waals surface area contributed by atoms with Gasteiger partial charge in [0.1, 0.15) is 11.5 Å². The number of aliphatic hydroxyl groups excluding tert-OH is 2. The maximum Gasteiger partial charge on any atom is 0.177 e. The average Bonchev–Trinajstić information content (AvgIpc) is 2.60. The van der Waals surface area contributed by atoms with Crippen molar-refractivity contribution in [3.63, 3.8) is 0 Å². The summed E-state index contributed by atoms with van der Waals surface area (Å²) in [5, 5.41) is 22.2. The van der Waals surface area contributed by atoms with E-state index in [1.165, 1.54) is 0 Å². The van der Waals surface area contributed by atoms with Gasteiger partial charge in [-0.1, -0.05) is 48.8 Å². The van der Waals surface area contributed by atoms with Gasteiger partial charge in [0.15, 0.2) is 11.6 Å². The van der Waals surface area contributed by atoms with Gasteiger partial charge in [0.05, 0.1) is 11.0 Å². The molecule has 2 N–H and O–H groups in total. The summed E-state index contributed by atoms with van der Waals surface area (Å²) in [6.45, 7) is 15.4. The van der Waals surface area contributed by atoms with E-state index in [9.17, 15) is 19.8 Å². The topological polar surface area (TPSA) is 74.6 Å². The molecule has 0 aromatic rings. The standard InChI is InChI=1S/C26H38O4/c1-16(2)9-10-20-23(28)22(21(27)15-19(7)8)25(30)26(24(20)29,13-11-17(3)4)14-12-18(5)6/h9,11-12,19,28,30H,10,13-15H2,1-8H3. The summed E-state index contributed by atoms with van der Waals surface area (Å²) in [6.07, 6.45) is 6.65.